The van der Waals surface area contributed by atoms with Crippen LogP contribution in [0.2, 0.25) is 0 Å². The van der Waals surface area contributed by atoms with Crippen molar-refractivity contribution in [1.29, 1.82) is 0 Å². The first-order valence-corrected chi connectivity index (χ1v) is 8.87. The van der Waals surface area contributed by atoms with Gasteiger partial charge in [0.05, 0.1) is 18.4 Å². The number of hydrogen-bond donors (Lipinski definition) is 1. The molecule has 0 atom stereocenters. The number of carbonyl (C=O) groups is 1. The molecule has 0 spiro atoms. The SMILES string of the molecule is COc1ccc(CNc2cncc(C(=O)N3CCCCCC3)c2)cc1. The molecule has 0 unspecified atom stereocenters. The highest BCUT2D eigenvalue weighted by Gasteiger charge is 2.17. The second kappa shape index (κ2) is 8.51. The predicted octanol–water partition coefficient (Wildman–Crippen LogP) is 3.72. The summed E-state index contributed by atoms with van der Waals surface area (Å²) >= 11 is 0. The van der Waals surface area contributed by atoms with Crippen LogP contribution in [0.15, 0.2) is 42.7 Å². The maximum atomic E-state index is 12.7. The Balaban J connectivity index is 1.63. The maximum absolute atomic E-state index is 12.7. The molecule has 1 aliphatic heterocycles. The second-order valence-electron chi connectivity index (χ2n) is 6.37. The number of methoxy groups -OCH3 is 1. The molecule has 1 aromatic heterocycles. The lowest BCUT2D eigenvalue weighted by atomic mass is 10.2. The first kappa shape index (κ1) is 17.3. The highest BCUT2D eigenvalue weighted by Crippen LogP contribution is 2.17. The molecule has 25 heavy (non-hydrogen) atoms. The molecule has 1 N–H and O–H groups in total. The Morgan fingerprint density at radius 3 is 2.52 bits per heavy atom. The summed E-state index contributed by atoms with van der Waals surface area (Å²) in [5.74, 6) is 0.929. The molecule has 0 radical (unpaired) electrons. The van der Waals surface area contributed by atoms with E-state index in [1.54, 1.807) is 19.5 Å². The van der Waals surface area contributed by atoms with Crippen molar-refractivity contribution in [2.24, 2.45) is 0 Å². The minimum absolute atomic E-state index is 0.0856. The highest BCUT2D eigenvalue weighted by molar-refractivity contribution is 5.94. The minimum Gasteiger partial charge on any atom is -0.497 e. The Labute approximate surface area is 149 Å². The molecule has 132 valence electrons. The van der Waals surface area contributed by atoms with Gasteiger partial charge in [-0.3, -0.25) is 9.78 Å². The number of nitrogens with zero attached hydrogens (tertiary/aromatic N) is 2. The van der Waals surface area contributed by atoms with Gasteiger partial charge < -0.3 is 15.0 Å². The van der Waals surface area contributed by atoms with Gasteiger partial charge in [-0.15, -0.1) is 0 Å². The quantitative estimate of drug-likeness (QED) is 0.902. The van der Waals surface area contributed by atoms with E-state index in [-0.39, 0.29) is 5.91 Å². The zero-order valence-corrected chi connectivity index (χ0v) is 14.7. The summed E-state index contributed by atoms with van der Waals surface area (Å²) in [7, 11) is 1.66. The Morgan fingerprint density at radius 1 is 1.12 bits per heavy atom. The molecule has 0 aliphatic carbocycles. The fourth-order valence-corrected chi connectivity index (χ4v) is 3.06. The smallest absolute Gasteiger partial charge is 0.255 e. The van der Waals surface area contributed by atoms with Crippen molar-refractivity contribution < 1.29 is 9.53 Å². The fraction of sp³-hybridized carbons (Fsp3) is 0.400. The molecule has 0 bridgehead atoms. The Morgan fingerprint density at radius 2 is 1.84 bits per heavy atom. The van der Waals surface area contributed by atoms with Gasteiger partial charge in [-0.1, -0.05) is 25.0 Å². The van der Waals surface area contributed by atoms with Crippen molar-refractivity contribution in [3.05, 3.63) is 53.9 Å². The summed E-state index contributed by atoms with van der Waals surface area (Å²) in [4.78, 5) is 18.9. The van der Waals surface area contributed by atoms with Gasteiger partial charge in [-0.2, -0.15) is 0 Å². The molecular formula is C20H25N3O2. The van der Waals surface area contributed by atoms with Crippen LogP contribution in [0.25, 0.3) is 0 Å². The number of pyridine rings is 1. The molecule has 0 saturated carbocycles. The summed E-state index contributed by atoms with van der Waals surface area (Å²) in [5.41, 5.74) is 2.66. The third-order valence-corrected chi connectivity index (χ3v) is 4.53. The van der Waals surface area contributed by atoms with Gasteiger partial charge in [0.2, 0.25) is 0 Å². The highest BCUT2D eigenvalue weighted by atomic mass is 16.5. The predicted molar refractivity (Wildman–Crippen MR) is 98.9 cm³/mol. The van der Waals surface area contributed by atoms with Crippen molar-refractivity contribution in [2.45, 2.75) is 32.2 Å². The Kier molecular flexibility index (Phi) is 5.88. The van der Waals surface area contributed by atoms with Crippen LogP contribution in [0.1, 0.15) is 41.6 Å². The molecule has 1 aliphatic rings. The monoisotopic (exact) mass is 339 g/mol. The topological polar surface area (TPSA) is 54.5 Å². The average molecular weight is 339 g/mol. The van der Waals surface area contributed by atoms with Crippen LogP contribution in [0.5, 0.6) is 5.75 Å². The van der Waals surface area contributed by atoms with Crippen molar-refractivity contribution in [2.75, 3.05) is 25.5 Å². The lowest BCUT2D eigenvalue weighted by Gasteiger charge is -2.20. The summed E-state index contributed by atoms with van der Waals surface area (Å²) < 4.78 is 5.17. The molecular weight excluding hydrogens is 314 g/mol. The molecule has 2 aromatic rings. The number of aromatic nitrogens is 1. The van der Waals surface area contributed by atoms with Crippen LogP contribution in [-0.2, 0) is 6.54 Å². The average Bonchev–Trinajstić information content (AvgIpc) is 2.96. The van der Waals surface area contributed by atoms with E-state index in [0.717, 1.165) is 42.9 Å². The molecule has 2 heterocycles. The van der Waals surface area contributed by atoms with E-state index in [2.05, 4.69) is 10.3 Å². The fourth-order valence-electron chi connectivity index (χ4n) is 3.06. The van der Waals surface area contributed by atoms with Crippen molar-refractivity contribution in [3.8, 4) is 5.75 Å². The van der Waals surface area contributed by atoms with Gasteiger partial charge in [-0.25, -0.2) is 0 Å². The number of rotatable bonds is 5. The summed E-state index contributed by atoms with van der Waals surface area (Å²) in [6.07, 6.45) is 8.02. The lowest BCUT2D eigenvalue weighted by Crippen LogP contribution is -2.31. The second-order valence-corrected chi connectivity index (χ2v) is 6.37. The number of likely N-dealkylation sites (tertiary alicyclic amines) is 1. The largest absolute Gasteiger partial charge is 0.497 e. The Bertz CT molecular complexity index is 692. The van der Waals surface area contributed by atoms with Crippen molar-refractivity contribution in [1.82, 2.24) is 9.88 Å². The van der Waals surface area contributed by atoms with Gasteiger partial charge in [-0.05, 0) is 36.6 Å². The van der Waals surface area contributed by atoms with Crippen LogP contribution in [0, 0.1) is 0 Å². The van der Waals surface area contributed by atoms with Crippen LogP contribution >= 0.6 is 0 Å². The summed E-state index contributed by atoms with van der Waals surface area (Å²) in [6.45, 7) is 2.37. The van der Waals surface area contributed by atoms with E-state index in [0.29, 0.717) is 12.1 Å². The number of benzene rings is 1. The third-order valence-electron chi connectivity index (χ3n) is 4.53. The molecule has 1 fully saturated rings. The first-order chi connectivity index (χ1) is 12.3. The van der Waals surface area contributed by atoms with Crippen LogP contribution in [0.3, 0.4) is 0 Å². The standard InChI is InChI=1S/C20H25N3O2/c1-25-19-8-6-16(7-9-19)13-22-18-12-17(14-21-15-18)20(24)23-10-4-2-3-5-11-23/h6-9,12,14-15,22H,2-5,10-11,13H2,1H3. The molecule has 5 nitrogen and oxygen atoms in total. The molecule has 1 saturated heterocycles. The number of amides is 1. The number of anilines is 1. The van der Waals surface area contributed by atoms with Gasteiger partial charge in [0.25, 0.3) is 5.91 Å². The molecule has 1 amide bonds. The number of carbonyl (C=O) groups excluding carboxylic acids is 1. The molecule has 1 aromatic carbocycles. The number of ether oxygens (including phenoxy) is 1. The van der Waals surface area contributed by atoms with E-state index in [1.165, 1.54) is 12.8 Å². The van der Waals surface area contributed by atoms with E-state index in [9.17, 15) is 4.79 Å². The lowest BCUT2D eigenvalue weighted by molar-refractivity contribution is 0.0761. The molecule has 3 rings (SSSR count). The van der Waals surface area contributed by atoms with Gasteiger partial charge >= 0.3 is 0 Å². The summed E-state index contributed by atoms with van der Waals surface area (Å²) in [5, 5.41) is 3.33. The maximum Gasteiger partial charge on any atom is 0.255 e. The van der Waals surface area contributed by atoms with Crippen LogP contribution in [0.4, 0.5) is 5.69 Å². The number of hydrogen-bond acceptors (Lipinski definition) is 4. The van der Waals surface area contributed by atoms with E-state index < -0.39 is 0 Å². The van der Waals surface area contributed by atoms with Gasteiger partial charge in [0.1, 0.15) is 5.75 Å². The van der Waals surface area contributed by atoms with Gasteiger partial charge in [0, 0.05) is 32.0 Å². The number of nitrogens with one attached hydrogen (secondary N) is 1. The van der Waals surface area contributed by atoms with Gasteiger partial charge in [0.15, 0.2) is 0 Å². The van der Waals surface area contributed by atoms with Crippen molar-refractivity contribution >= 4 is 11.6 Å². The van der Waals surface area contributed by atoms with E-state index >= 15 is 0 Å². The summed E-state index contributed by atoms with van der Waals surface area (Å²) in [6, 6.07) is 9.81. The Hall–Kier alpha value is -2.56. The molecule has 5 heteroatoms. The minimum atomic E-state index is 0.0856. The first-order valence-electron chi connectivity index (χ1n) is 8.87. The normalized spacial score (nSPS) is 14.7. The van der Waals surface area contributed by atoms with Crippen LogP contribution < -0.4 is 10.1 Å². The zero-order chi connectivity index (χ0) is 17.5. The third kappa shape index (κ3) is 4.72. The van der Waals surface area contributed by atoms with Crippen molar-refractivity contribution in [3.63, 3.8) is 0 Å². The van der Waals surface area contributed by atoms with E-state index in [4.69, 9.17) is 4.74 Å². The zero-order valence-electron chi connectivity index (χ0n) is 14.7. The van der Waals surface area contributed by atoms with Crippen LogP contribution in [-0.4, -0.2) is 36.0 Å². The van der Waals surface area contributed by atoms with E-state index in [1.807, 2.05) is 35.2 Å².